The van der Waals surface area contributed by atoms with Crippen molar-refractivity contribution in [3.63, 3.8) is 0 Å². The number of nitriles is 1. The van der Waals surface area contributed by atoms with E-state index in [-0.39, 0.29) is 66.5 Å². The number of anilines is 2. The van der Waals surface area contributed by atoms with Crippen LogP contribution in [-0.2, 0) is 14.4 Å². The van der Waals surface area contributed by atoms with Crippen molar-refractivity contribution in [1.82, 2.24) is 20.3 Å². The Labute approximate surface area is 262 Å². The van der Waals surface area contributed by atoms with Gasteiger partial charge in [0.25, 0.3) is 5.91 Å². The summed E-state index contributed by atoms with van der Waals surface area (Å²) in [5.74, 6) is -4.24. The highest BCUT2D eigenvalue weighted by Crippen LogP contribution is 2.39. The van der Waals surface area contributed by atoms with E-state index in [2.05, 4.69) is 20.3 Å². The van der Waals surface area contributed by atoms with Crippen LogP contribution in [0.1, 0.15) is 55.7 Å². The lowest BCUT2D eigenvalue weighted by Gasteiger charge is -2.37. The van der Waals surface area contributed by atoms with E-state index >= 15 is 0 Å². The van der Waals surface area contributed by atoms with Crippen LogP contribution < -0.4 is 15.1 Å². The van der Waals surface area contributed by atoms with Gasteiger partial charge >= 0.3 is 0 Å². The van der Waals surface area contributed by atoms with E-state index in [9.17, 15) is 28.4 Å². The number of fused-ring (bicyclic) bond motifs is 1. The molecule has 3 amide bonds. The Balaban J connectivity index is 1.48. The predicted molar refractivity (Wildman–Crippen MR) is 163 cm³/mol. The van der Waals surface area contributed by atoms with Crippen molar-refractivity contribution in [2.75, 3.05) is 9.80 Å². The molecule has 0 bridgehead atoms. The lowest BCUT2D eigenvalue weighted by atomic mass is 9.91. The first kappa shape index (κ1) is 30.1. The molecule has 1 saturated heterocycles. The van der Waals surface area contributed by atoms with E-state index in [0.29, 0.717) is 16.6 Å². The standard InChI is InChI=1S/C32H28ClF2N7O3/c33-22-5-2-1-4-21(22)29(30(44)40-20-10-13-32(34,35)14-11-20)42(24-7-3-6-23-28(24)39-18-38-23)31(45)25-8-9-27(43)41(25)26-16-19(17-36)12-15-37-26/h1-7,12,15-16,18,20,25,29H,8-11,13-14H2,(H,38,39)(H,40,44)/t25-,29-/m0/s1. The topological polar surface area (TPSA) is 135 Å². The maximum Gasteiger partial charge on any atom is 0.251 e. The highest BCUT2D eigenvalue weighted by molar-refractivity contribution is 6.32. The number of rotatable bonds is 7. The summed E-state index contributed by atoms with van der Waals surface area (Å²) in [4.78, 5) is 56.7. The maximum atomic E-state index is 14.9. The van der Waals surface area contributed by atoms with E-state index in [1.807, 2.05) is 6.07 Å². The van der Waals surface area contributed by atoms with Gasteiger partial charge < -0.3 is 10.3 Å². The third kappa shape index (κ3) is 5.95. The molecule has 1 aliphatic carbocycles. The summed E-state index contributed by atoms with van der Waals surface area (Å²) >= 11 is 6.67. The minimum Gasteiger partial charge on any atom is -0.351 e. The summed E-state index contributed by atoms with van der Waals surface area (Å²) in [5.41, 5.74) is 1.84. The molecule has 2 aromatic heterocycles. The molecule has 10 nitrogen and oxygen atoms in total. The summed E-state index contributed by atoms with van der Waals surface area (Å²) in [6, 6.07) is 13.7. The van der Waals surface area contributed by atoms with Gasteiger partial charge in [-0.15, -0.1) is 0 Å². The second kappa shape index (κ2) is 12.2. The Morgan fingerprint density at radius 1 is 1.11 bits per heavy atom. The number of H-pyrrole nitrogens is 1. The van der Waals surface area contributed by atoms with E-state index < -0.39 is 35.9 Å². The number of pyridine rings is 1. The highest BCUT2D eigenvalue weighted by atomic mass is 35.5. The fraction of sp³-hybridized carbons (Fsp3) is 0.312. The van der Waals surface area contributed by atoms with Gasteiger partial charge in [-0.1, -0.05) is 35.9 Å². The normalized spacial score (nSPS) is 18.8. The Bertz CT molecular complexity index is 1810. The fourth-order valence-corrected chi connectivity index (χ4v) is 6.31. The lowest BCUT2D eigenvalue weighted by molar-refractivity contribution is -0.128. The average molecular weight is 632 g/mol. The molecule has 1 aliphatic heterocycles. The summed E-state index contributed by atoms with van der Waals surface area (Å²) < 4.78 is 27.9. The summed E-state index contributed by atoms with van der Waals surface area (Å²) in [5, 5.41) is 12.6. The largest absolute Gasteiger partial charge is 0.351 e. The molecule has 2 fully saturated rings. The number of halogens is 3. The number of alkyl halides is 2. The van der Waals surface area contributed by atoms with Crippen molar-refractivity contribution in [3.8, 4) is 6.07 Å². The number of hydrogen-bond acceptors (Lipinski definition) is 6. The van der Waals surface area contributed by atoms with Gasteiger partial charge in [0, 0.05) is 42.1 Å². The third-order valence-electron chi connectivity index (χ3n) is 8.31. The Morgan fingerprint density at radius 3 is 2.64 bits per heavy atom. The van der Waals surface area contributed by atoms with Gasteiger partial charge in [-0.05, 0) is 49.6 Å². The van der Waals surface area contributed by atoms with Crippen LogP contribution in [0.25, 0.3) is 11.0 Å². The molecule has 6 rings (SSSR count). The average Bonchev–Trinajstić information content (AvgIpc) is 3.68. The number of aromatic amines is 1. The van der Waals surface area contributed by atoms with Crippen LogP contribution >= 0.6 is 11.6 Å². The summed E-state index contributed by atoms with van der Waals surface area (Å²) in [7, 11) is 0. The second-order valence-electron chi connectivity index (χ2n) is 11.2. The maximum absolute atomic E-state index is 14.9. The zero-order chi connectivity index (χ0) is 31.7. The minimum absolute atomic E-state index is 0.0363. The van der Waals surface area contributed by atoms with Crippen LogP contribution in [0, 0.1) is 11.3 Å². The first-order valence-electron chi connectivity index (χ1n) is 14.5. The van der Waals surface area contributed by atoms with E-state index in [1.165, 1.54) is 34.5 Å². The molecule has 230 valence electrons. The Hall–Kier alpha value is -4.89. The quantitative estimate of drug-likeness (QED) is 0.279. The molecule has 0 radical (unpaired) electrons. The smallest absolute Gasteiger partial charge is 0.251 e. The van der Waals surface area contributed by atoms with Gasteiger partial charge in [0.15, 0.2) is 0 Å². The molecule has 4 aromatic rings. The number of nitrogens with zero attached hydrogens (tertiary/aromatic N) is 5. The fourth-order valence-electron chi connectivity index (χ4n) is 6.07. The number of benzene rings is 2. The summed E-state index contributed by atoms with van der Waals surface area (Å²) in [6.07, 6.45) is 2.43. The highest BCUT2D eigenvalue weighted by Gasteiger charge is 2.45. The molecule has 3 heterocycles. The Morgan fingerprint density at radius 2 is 1.89 bits per heavy atom. The molecular weight excluding hydrogens is 604 g/mol. The van der Waals surface area contributed by atoms with Crippen LogP contribution in [0.15, 0.2) is 67.1 Å². The van der Waals surface area contributed by atoms with Crippen molar-refractivity contribution < 1.29 is 23.2 Å². The molecule has 2 N–H and O–H groups in total. The molecule has 13 heteroatoms. The second-order valence-corrected chi connectivity index (χ2v) is 11.6. The van der Waals surface area contributed by atoms with Crippen molar-refractivity contribution >= 4 is 51.9 Å². The summed E-state index contributed by atoms with van der Waals surface area (Å²) in [6.45, 7) is 0. The molecule has 2 atom stereocenters. The molecule has 45 heavy (non-hydrogen) atoms. The van der Waals surface area contributed by atoms with Crippen LogP contribution in [0.2, 0.25) is 5.02 Å². The molecule has 0 unspecified atom stereocenters. The van der Waals surface area contributed by atoms with Crippen LogP contribution in [-0.4, -0.2) is 50.7 Å². The van der Waals surface area contributed by atoms with E-state index in [4.69, 9.17) is 11.6 Å². The number of imidazole rings is 1. The molecular formula is C32H28ClF2N7O3. The SMILES string of the molecule is N#Cc1ccnc(N2C(=O)CC[C@H]2C(=O)N(c2cccc3[nH]cnc23)[C@H](C(=O)NC2CCC(F)(F)CC2)c2ccccc2Cl)c1. The van der Waals surface area contributed by atoms with Gasteiger partial charge in [0.1, 0.15) is 23.4 Å². The van der Waals surface area contributed by atoms with E-state index in [1.54, 1.807) is 42.5 Å². The number of nitrogens with one attached hydrogen (secondary N) is 2. The molecule has 1 saturated carbocycles. The van der Waals surface area contributed by atoms with Crippen LogP contribution in [0.3, 0.4) is 0 Å². The van der Waals surface area contributed by atoms with Crippen molar-refractivity contribution in [2.45, 2.75) is 62.6 Å². The number of para-hydroxylation sites is 1. The molecule has 2 aromatic carbocycles. The van der Waals surface area contributed by atoms with Crippen molar-refractivity contribution in [2.24, 2.45) is 0 Å². The molecule has 2 aliphatic rings. The number of carbonyl (C=O) groups is 3. The van der Waals surface area contributed by atoms with Gasteiger partial charge in [-0.2, -0.15) is 5.26 Å². The van der Waals surface area contributed by atoms with Crippen molar-refractivity contribution in [3.05, 3.63) is 83.3 Å². The van der Waals surface area contributed by atoms with Gasteiger partial charge in [-0.3, -0.25) is 24.2 Å². The third-order valence-corrected chi connectivity index (χ3v) is 8.66. The van der Waals surface area contributed by atoms with Crippen LogP contribution in [0.5, 0.6) is 0 Å². The monoisotopic (exact) mass is 631 g/mol. The van der Waals surface area contributed by atoms with Gasteiger partial charge in [0.2, 0.25) is 17.7 Å². The minimum atomic E-state index is -2.80. The van der Waals surface area contributed by atoms with E-state index in [0.717, 1.165) is 0 Å². The first-order chi connectivity index (χ1) is 21.7. The van der Waals surface area contributed by atoms with Crippen LogP contribution in [0.4, 0.5) is 20.3 Å². The zero-order valence-corrected chi connectivity index (χ0v) is 24.7. The number of amides is 3. The predicted octanol–water partition coefficient (Wildman–Crippen LogP) is 5.45. The van der Waals surface area contributed by atoms with Gasteiger partial charge in [0.05, 0.1) is 29.2 Å². The van der Waals surface area contributed by atoms with Crippen molar-refractivity contribution in [1.29, 1.82) is 5.26 Å². The number of aromatic nitrogens is 3. The first-order valence-corrected chi connectivity index (χ1v) is 14.9. The number of hydrogen-bond donors (Lipinski definition) is 2. The number of carbonyl (C=O) groups excluding carboxylic acids is 3. The zero-order valence-electron chi connectivity index (χ0n) is 23.9. The van der Waals surface area contributed by atoms with Gasteiger partial charge in [-0.25, -0.2) is 18.7 Å². The lowest BCUT2D eigenvalue weighted by Crippen LogP contribution is -2.53. The Kier molecular flexibility index (Phi) is 8.20. The molecule has 0 spiro atoms.